The van der Waals surface area contributed by atoms with E-state index in [0.29, 0.717) is 17.8 Å². The molecule has 3 amide bonds. The first kappa shape index (κ1) is 26.2. The summed E-state index contributed by atoms with van der Waals surface area (Å²) < 4.78 is 6.31. The summed E-state index contributed by atoms with van der Waals surface area (Å²) >= 11 is 0. The van der Waals surface area contributed by atoms with Crippen molar-refractivity contribution in [2.45, 2.75) is 84.7 Å². The molecule has 0 radical (unpaired) electrons. The van der Waals surface area contributed by atoms with Crippen molar-refractivity contribution in [1.82, 2.24) is 0 Å². The Morgan fingerprint density at radius 2 is 1.52 bits per heavy atom. The highest BCUT2D eigenvalue weighted by Crippen LogP contribution is 2.39. The van der Waals surface area contributed by atoms with Gasteiger partial charge in [-0.1, -0.05) is 66.7 Å². The maximum atomic E-state index is 13.0. The summed E-state index contributed by atoms with van der Waals surface area (Å²) in [4.78, 5) is 24.1. The molecular weight excluding hydrogens is 414 g/mol. The number of anilines is 2. The number of nitrogens with two attached hydrogens (primary N) is 1. The lowest BCUT2D eigenvalue weighted by molar-refractivity contribution is -0.122. The van der Waals surface area contributed by atoms with Crippen molar-refractivity contribution in [2.24, 2.45) is 5.73 Å². The summed E-state index contributed by atoms with van der Waals surface area (Å²) in [5.74, 6) is 0.496. The van der Waals surface area contributed by atoms with Gasteiger partial charge in [0.05, 0.1) is 0 Å². The van der Waals surface area contributed by atoms with Gasteiger partial charge >= 0.3 is 6.03 Å². The van der Waals surface area contributed by atoms with Crippen molar-refractivity contribution in [1.29, 1.82) is 0 Å². The average Bonchev–Trinajstić information content (AvgIpc) is 2.77. The third-order valence-corrected chi connectivity index (χ3v) is 6.59. The third-order valence-electron chi connectivity index (χ3n) is 6.59. The van der Waals surface area contributed by atoms with E-state index in [9.17, 15) is 9.59 Å². The minimum Gasteiger partial charge on any atom is -0.480 e. The van der Waals surface area contributed by atoms with Gasteiger partial charge in [0, 0.05) is 16.9 Å². The van der Waals surface area contributed by atoms with E-state index in [1.165, 1.54) is 5.56 Å². The monoisotopic (exact) mass is 453 g/mol. The lowest BCUT2D eigenvalue weighted by Gasteiger charge is -2.31. The molecule has 0 heterocycles. The number of ether oxygens (including phenoxy) is 1. The number of hydrogen-bond donors (Lipinski definition) is 3. The number of carbonyl (C=O) groups is 2. The van der Waals surface area contributed by atoms with Gasteiger partial charge in [-0.2, -0.15) is 0 Å². The van der Waals surface area contributed by atoms with Gasteiger partial charge < -0.3 is 21.1 Å². The quantitative estimate of drug-likeness (QED) is 0.391. The minimum atomic E-state index is -0.658. The maximum absolute atomic E-state index is 13.0. The SMILES string of the molecule is CCC(Oc1ccc(C(C)(C)CC)cc1C(C)(C)CC)C(=O)Nc1cccc(NC(N)=O)c1. The number of rotatable bonds is 10. The summed E-state index contributed by atoms with van der Waals surface area (Å²) in [5, 5.41) is 5.40. The lowest BCUT2D eigenvalue weighted by atomic mass is 9.76. The van der Waals surface area contributed by atoms with Crippen molar-refractivity contribution in [3.8, 4) is 5.75 Å². The van der Waals surface area contributed by atoms with Gasteiger partial charge in [-0.05, 0) is 59.9 Å². The molecule has 0 aromatic heterocycles. The van der Waals surface area contributed by atoms with E-state index >= 15 is 0 Å². The molecular formula is C27H39N3O3. The smallest absolute Gasteiger partial charge is 0.316 e. The Morgan fingerprint density at radius 1 is 0.909 bits per heavy atom. The van der Waals surface area contributed by atoms with Crippen LogP contribution in [0.1, 0.15) is 78.9 Å². The van der Waals surface area contributed by atoms with Crippen LogP contribution in [-0.4, -0.2) is 18.0 Å². The molecule has 1 atom stereocenters. The zero-order valence-corrected chi connectivity index (χ0v) is 21.0. The highest BCUT2D eigenvalue weighted by Gasteiger charge is 2.28. The van der Waals surface area contributed by atoms with Crippen molar-refractivity contribution in [3.63, 3.8) is 0 Å². The standard InChI is InChI=1S/C27H39N3O3/c1-8-22(24(31)29-19-12-11-13-20(17-19)30-25(28)32)33-23-15-14-18(26(4,5)9-2)16-21(23)27(6,7)10-3/h11-17,22H,8-10H2,1-7H3,(H,29,31)(H3,28,30,32). The Hall–Kier alpha value is -3.02. The first-order valence-electron chi connectivity index (χ1n) is 11.7. The van der Waals surface area contributed by atoms with E-state index < -0.39 is 12.1 Å². The Labute approximate surface area is 198 Å². The normalized spacial score (nSPS) is 12.7. The molecule has 0 fully saturated rings. The Kier molecular flexibility index (Phi) is 8.53. The van der Waals surface area contributed by atoms with Gasteiger partial charge in [-0.15, -0.1) is 0 Å². The number of amides is 3. The van der Waals surface area contributed by atoms with E-state index in [1.807, 2.05) is 13.0 Å². The van der Waals surface area contributed by atoms with Gasteiger partial charge in [-0.3, -0.25) is 4.79 Å². The van der Waals surface area contributed by atoms with Crippen LogP contribution in [0.2, 0.25) is 0 Å². The first-order chi connectivity index (χ1) is 15.4. The molecule has 180 valence electrons. The highest BCUT2D eigenvalue weighted by atomic mass is 16.5. The second-order valence-electron chi connectivity index (χ2n) is 9.76. The van der Waals surface area contributed by atoms with Gasteiger partial charge in [0.2, 0.25) is 0 Å². The zero-order chi connectivity index (χ0) is 24.8. The van der Waals surface area contributed by atoms with Gasteiger partial charge in [-0.25, -0.2) is 4.79 Å². The fourth-order valence-electron chi connectivity index (χ4n) is 3.49. The van der Waals surface area contributed by atoms with Gasteiger partial charge in [0.15, 0.2) is 6.10 Å². The van der Waals surface area contributed by atoms with Crippen LogP contribution in [0.3, 0.4) is 0 Å². The van der Waals surface area contributed by atoms with Crippen LogP contribution >= 0.6 is 0 Å². The lowest BCUT2D eigenvalue weighted by Crippen LogP contribution is -2.33. The van der Waals surface area contributed by atoms with Crippen LogP contribution in [0.4, 0.5) is 16.2 Å². The Bertz CT molecular complexity index is 982. The molecule has 0 spiro atoms. The van der Waals surface area contributed by atoms with Crippen LogP contribution < -0.4 is 21.1 Å². The summed E-state index contributed by atoms with van der Waals surface area (Å²) in [6.45, 7) is 15.2. The molecule has 6 nitrogen and oxygen atoms in total. The van der Waals surface area contributed by atoms with Crippen molar-refractivity contribution in [2.75, 3.05) is 10.6 Å². The number of urea groups is 1. The molecule has 0 saturated heterocycles. The fraction of sp³-hybridized carbons (Fsp3) is 0.481. The Balaban J connectivity index is 2.31. The summed E-state index contributed by atoms with van der Waals surface area (Å²) in [7, 11) is 0. The highest BCUT2D eigenvalue weighted by molar-refractivity contribution is 5.95. The van der Waals surface area contributed by atoms with Gasteiger partial charge in [0.25, 0.3) is 5.91 Å². The molecule has 33 heavy (non-hydrogen) atoms. The predicted octanol–water partition coefficient (Wildman–Crippen LogP) is 6.35. The number of hydrogen-bond acceptors (Lipinski definition) is 3. The van der Waals surface area contributed by atoms with Crippen LogP contribution in [0, 0.1) is 0 Å². The van der Waals surface area contributed by atoms with Crippen molar-refractivity contribution >= 4 is 23.3 Å². The number of benzene rings is 2. The topological polar surface area (TPSA) is 93.4 Å². The van der Waals surface area contributed by atoms with Crippen LogP contribution in [0.15, 0.2) is 42.5 Å². The van der Waals surface area contributed by atoms with Crippen LogP contribution in [0.5, 0.6) is 5.75 Å². The third kappa shape index (κ3) is 6.73. The van der Waals surface area contributed by atoms with Crippen LogP contribution in [0.25, 0.3) is 0 Å². The maximum Gasteiger partial charge on any atom is 0.316 e. The molecule has 2 aromatic carbocycles. The summed E-state index contributed by atoms with van der Waals surface area (Å²) in [6, 6.07) is 12.5. The van der Waals surface area contributed by atoms with Crippen LogP contribution in [-0.2, 0) is 15.6 Å². The fourth-order valence-corrected chi connectivity index (χ4v) is 3.49. The largest absolute Gasteiger partial charge is 0.480 e. The number of carbonyl (C=O) groups excluding carboxylic acids is 2. The second-order valence-corrected chi connectivity index (χ2v) is 9.76. The molecule has 0 bridgehead atoms. The van der Waals surface area contributed by atoms with E-state index in [1.54, 1.807) is 24.3 Å². The predicted molar refractivity (Wildman–Crippen MR) is 136 cm³/mol. The minimum absolute atomic E-state index is 0.0581. The molecule has 6 heteroatoms. The zero-order valence-electron chi connectivity index (χ0n) is 21.0. The van der Waals surface area contributed by atoms with E-state index in [4.69, 9.17) is 10.5 Å². The number of primary amides is 1. The van der Waals surface area contributed by atoms with E-state index in [2.05, 4.69) is 64.3 Å². The molecule has 0 aliphatic carbocycles. The molecule has 0 aliphatic heterocycles. The molecule has 2 aromatic rings. The molecule has 0 aliphatic rings. The van der Waals surface area contributed by atoms with Crippen molar-refractivity contribution < 1.29 is 14.3 Å². The van der Waals surface area contributed by atoms with E-state index in [-0.39, 0.29) is 16.7 Å². The molecule has 2 rings (SSSR count). The van der Waals surface area contributed by atoms with Crippen molar-refractivity contribution in [3.05, 3.63) is 53.6 Å². The summed E-state index contributed by atoms with van der Waals surface area (Å²) in [5.41, 5.74) is 8.59. The Morgan fingerprint density at radius 3 is 2.06 bits per heavy atom. The molecule has 4 N–H and O–H groups in total. The summed E-state index contributed by atoms with van der Waals surface area (Å²) in [6.07, 6.45) is 1.83. The second kappa shape index (κ2) is 10.7. The molecule has 0 saturated carbocycles. The first-order valence-corrected chi connectivity index (χ1v) is 11.7. The average molecular weight is 454 g/mol. The number of nitrogens with one attached hydrogen (secondary N) is 2. The van der Waals surface area contributed by atoms with E-state index in [0.717, 1.165) is 24.2 Å². The molecule has 1 unspecified atom stereocenters. The van der Waals surface area contributed by atoms with Gasteiger partial charge in [0.1, 0.15) is 5.75 Å².